The number of piperazine rings is 1. The average Bonchev–Trinajstić information content (AvgIpc) is 2.61. The first-order chi connectivity index (χ1) is 11.8. The third-order valence-corrected chi connectivity index (χ3v) is 4.12. The lowest BCUT2D eigenvalue weighted by molar-refractivity contribution is -0.137. The Labute approximate surface area is 143 Å². The Kier molecular flexibility index (Phi) is 4.61. The topological polar surface area (TPSA) is 49.3 Å². The van der Waals surface area contributed by atoms with Crippen molar-refractivity contribution in [2.24, 2.45) is 0 Å². The maximum atomic E-state index is 12.8. The average molecular weight is 350 g/mol. The van der Waals surface area contributed by atoms with E-state index in [1.54, 1.807) is 4.90 Å². The van der Waals surface area contributed by atoms with E-state index in [1.807, 2.05) is 17.9 Å². The van der Waals surface area contributed by atoms with Crippen LogP contribution in [0.4, 0.5) is 19.0 Å². The lowest BCUT2D eigenvalue weighted by Crippen LogP contribution is -2.49. The van der Waals surface area contributed by atoms with Crippen LogP contribution < -0.4 is 4.90 Å². The highest BCUT2D eigenvalue weighted by molar-refractivity contribution is 5.94. The van der Waals surface area contributed by atoms with Gasteiger partial charge < -0.3 is 9.80 Å². The van der Waals surface area contributed by atoms with E-state index in [4.69, 9.17) is 0 Å². The minimum absolute atomic E-state index is 0.0566. The van der Waals surface area contributed by atoms with Crippen molar-refractivity contribution in [2.75, 3.05) is 31.1 Å². The molecule has 3 rings (SSSR count). The fourth-order valence-electron chi connectivity index (χ4n) is 2.76. The largest absolute Gasteiger partial charge is 0.416 e. The van der Waals surface area contributed by atoms with Gasteiger partial charge in [-0.05, 0) is 25.1 Å². The summed E-state index contributed by atoms with van der Waals surface area (Å²) in [6, 6.07) is 6.41. The SMILES string of the molecule is Cc1cc(N2CCN(C(=O)c3cccc(C(F)(F)F)c3)CC2)ncn1. The van der Waals surface area contributed by atoms with E-state index in [0.29, 0.717) is 26.2 Å². The summed E-state index contributed by atoms with van der Waals surface area (Å²) in [5.74, 6) is 0.406. The maximum Gasteiger partial charge on any atom is 0.416 e. The quantitative estimate of drug-likeness (QED) is 0.836. The molecule has 0 aliphatic carbocycles. The fraction of sp³-hybridized carbons (Fsp3) is 0.353. The highest BCUT2D eigenvalue weighted by Crippen LogP contribution is 2.29. The molecule has 25 heavy (non-hydrogen) atoms. The molecule has 0 N–H and O–H groups in total. The van der Waals surface area contributed by atoms with Crippen LogP contribution in [0.1, 0.15) is 21.6 Å². The van der Waals surface area contributed by atoms with Crippen molar-refractivity contribution in [2.45, 2.75) is 13.1 Å². The number of benzene rings is 1. The third-order valence-electron chi connectivity index (χ3n) is 4.12. The van der Waals surface area contributed by atoms with Gasteiger partial charge in [0.05, 0.1) is 5.56 Å². The summed E-state index contributed by atoms with van der Waals surface area (Å²) in [6.07, 6.45) is -2.97. The summed E-state index contributed by atoms with van der Waals surface area (Å²) in [5, 5.41) is 0. The van der Waals surface area contributed by atoms with Gasteiger partial charge in [-0.25, -0.2) is 9.97 Å². The second-order valence-electron chi connectivity index (χ2n) is 5.88. The molecule has 8 heteroatoms. The molecule has 1 aliphatic rings. The van der Waals surface area contributed by atoms with Crippen LogP contribution in [0.25, 0.3) is 0 Å². The van der Waals surface area contributed by atoms with Crippen molar-refractivity contribution >= 4 is 11.7 Å². The van der Waals surface area contributed by atoms with Crippen molar-refractivity contribution in [3.8, 4) is 0 Å². The molecule has 2 heterocycles. The van der Waals surface area contributed by atoms with Gasteiger partial charge in [-0.3, -0.25) is 4.79 Å². The molecule has 5 nitrogen and oxygen atoms in total. The highest BCUT2D eigenvalue weighted by Gasteiger charge is 2.31. The van der Waals surface area contributed by atoms with Gasteiger partial charge in [0.25, 0.3) is 5.91 Å². The zero-order valence-electron chi connectivity index (χ0n) is 13.6. The molecule has 0 spiro atoms. The molecule has 132 valence electrons. The number of rotatable bonds is 2. The van der Waals surface area contributed by atoms with Crippen molar-refractivity contribution in [3.63, 3.8) is 0 Å². The van der Waals surface area contributed by atoms with Gasteiger partial charge >= 0.3 is 6.18 Å². The summed E-state index contributed by atoms with van der Waals surface area (Å²) in [7, 11) is 0. The maximum absolute atomic E-state index is 12.8. The van der Waals surface area contributed by atoms with Crippen molar-refractivity contribution in [1.29, 1.82) is 0 Å². The van der Waals surface area contributed by atoms with Crippen molar-refractivity contribution < 1.29 is 18.0 Å². The molecule has 1 aromatic carbocycles. The van der Waals surface area contributed by atoms with Gasteiger partial charge in [0, 0.05) is 43.5 Å². The van der Waals surface area contributed by atoms with E-state index < -0.39 is 11.7 Å². The van der Waals surface area contributed by atoms with Gasteiger partial charge in [0.15, 0.2) is 0 Å². The smallest absolute Gasteiger partial charge is 0.353 e. The van der Waals surface area contributed by atoms with Gasteiger partial charge in [0.2, 0.25) is 0 Å². The number of alkyl halides is 3. The van der Waals surface area contributed by atoms with Crippen LogP contribution in [0.5, 0.6) is 0 Å². The van der Waals surface area contributed by atoms with Crippen molar-refractivity contribution in [1.82, 2.24) is 14.9 Å². The molecule has 1 aliphatic heterocycles. The summed E-state index contributed by atoms with van der Waals surface area (Å²) in [4.78, 5) is 24.4. The Morgan fingerprint density at radius 1 is 1.08 bits per heavy atom. The van der Waals surface area contributed by atoms with Gasteiger partial charge in [-0.2, -0.15) is 13.2 Å². The second kappa shape index (κ2) is 6.70. The van der Waals surface area contributed by atoms with Crippen molar-refractivity contribution in [3.05, 3.63) is 53.5 Å². The minimum atomic E-state index is -4.46. The van der Waals surface area contributed by atoms with Crippen LogP contribution in [0.2, 0.25) is 0 Å². The van der Waals surface area contributed by atoms with E-state index in [1.165, 1.54) is 18.5 Å². The molecule has 0 saturated carbocycles. The van der Waals surface area contributed by atoms with Crippen LogP contribution in [0, 0.1) is 6.92 Å². The molecule has 1 aromatic heterocycles. The Hall–Kier alpha value is -2.64. The third kappa shape index (κ3) is 3.89. The summed E-state index contributed by atoms with van der Waals surface area (Å²) < 4.78 is 38.4. The molecular formula is C17H17F3N4O. The van der Waals surface area contributed by atoms with E-state index in [9.17, 15) is 18.0 Å². The number of anilines is 1. The molecule has 2 aromatic rings. The first kappa shape index (κ1) is 17.2. The summed E-state index contributed by atoms with van der Waals surface area (Å²) >= 11 is 0. The summed E-state index contributed by atoms with van der Waals surface area (Å²) in [6.45, 7) is 3.87. The number of hydrogen-bond donors (Lipinski definition) is 0. The Morgan fingerprint density at radius 3 is 2.44 bits per heavy atom. The molecule has 1 saturated heterocycles. The van der Waals surface area contributed by atoms with E-state index in [0.717, 1.165) is 23.6 Å². The lowest BCUT2D eigenvalue weighted by atomic mass is 10.1. The predicted octanol–water partition coefficient (Wildman–Crippen LogP) is 2.77. The molecule has 0 bridgehead atoms. The molecule has 0 unspecified atom stereocenters. The molecule has 1 amide bonds. The number of nitrogens with zero attached hydrogens (tertiary/aromatic N) is 4. The Bertz CT molecular complexity index is 770. The van der Waals surface area contributed by atoms with Crippen LogP contribution in [-0.4, -0.2) is 47.0 Å². The van der Waals surface area contributed by atoms with Crippen LogP contribution in [-0.2, 0) is 6.18 Å². The minimum Gasteiger partial charge on any atom is -0.353 e. The number of halogens is 3. The van der Waals surface area contributed by atoms with Crippen LogP contribution in [0.15, 0.2) is 36.7 Å². The Balaban J connectivity index is 1.68. The first-order valence-corrected chi connectivity index (χ1v) is 7.85. The van der Waals surface area contributed by atoms with Gasteiger partial charge in [-0.1, -0.05) is 6.07 Å². The predicted molar refractivity (Wildman–Crippen MR) is 86.3 cm³/mol. The van der Waals surface area contributed by atoms with E-state index in [-0.39, 0.29) is 11.5 Å². The van der Waals surface area contributed by atoms with Crippen LogP contribution >= 0.6 is 0 Å². The number of carbonyl (C=O) groups is 1. The van der Waals surface area contributed by atoms with E-state index >= 15 is 0 Å². The summed E-state index contributed by atoms with van der Waals surface area (Å²) in [5.41, 5.74) is 0.0991. The molecule has 1 fully saturated rings. The standard InChI is InChI=1S/C17H17F3N4O/c1-12-9-15(22-11-21-12)23-5-7-24(8-6-23)16(25)13-3-2-4-14(10-13)17(18,19)20/h2-4,9-11H,5-8H2,1H3. The fourth-order valence-corrected chi connectivity index (χ4v) is 2.76. The van der Waals surface area contributed by atoms with Gasteiger partial charge in [0.1, 0.15) is 12.1 Å². The van der Waals surface area contributed by atoms with E-state index in [2.05, 4.69) is 9.97 Å². The van der Waals surface area contributed by atoms with Crippen LogP contribution in [0.3, 0.4) is 0 Å². The number of aromatic nitrogens is 2. The second-order valence-corrected chi connectivity index (χ2v) is 5.88. The molecule has 0 radical (unpaired) electrons. The first-order valence-electron chi connectivity index (χ1n) is 7.85. The number of carbonyl (C=O) groups excluding carboxylic acids is 1. The normalized spacial score (nSPS) is 15.4. The molecule has 0 atom stereocenters. The molecular weight excluding hydrogens is 333 g/mol. The number of amides is 1. The highest BCUT2D eigenvalue weighted by atomic mass is 19.4. The zero-order chi connectivity index (χ0) is 18.0. The Morgan fingerprint density at radius 2 is 1.80 bits per heavy atom. The zero-order valence-corrected chi connectivity index (χ0v) is 13.6. The lowest BCUT2D eigenvalue weighted by Gasteiger charge is -2.35. The van der Waals surface area contributed by atoms with Gasteiger partial charge in [-0.15, -0.1) is 0 Å². The monoisotopic (exact) mass is 350 g/mol. The number of hydrogen-bond acceptors (Lipinski definition) is 4. The number of aryl methyl sites for hydroxylation is 1.